The number of allylic oxidation sites excluding steroid dienone is 1. The molecule has 4 aromatic rings. The summed E-state index contributed by atoms with van der Waals surface area (Å²) in [7, 11) is 0. The molecule has 0 unspecified atom stereocenters. The van der Waals surface area contributed by atoms with Crippen LogP contribution >= 0.6 is 0 Å². The molecule has 6 nitrogen and oxygen atoms in total. The van der Waals surface area contributed by atoms with Crippen LogP contribution in [0.3, 0.4) is 0 Å². The molecule has 214 valence electrons. The highest BCUT2D eigenvalue weighted by atomic mass is 19.1. The molecule has 1 amide bonds. The van der Waals surface area contributed by atoms with Crippen LogP contribution in [-0.2, 0) is 25.9 Å². The van der Waals surface area contributed by atoms with E-state index in [1.807, 2.05) is 41.1 Å². The Morgan fingerprint density at radius 3 is 2.63 bits per heavy atom. The molecular formula is C34H38FN3O3. The Kier molecular flexibility index (Phi) is 10.5. The zero-order valence-corrected chi connectivity index (χ0v) is 23.5. The molecule has 0 spiro atoms. The van der Waals surface area contributed by atoms with Crippen molar-refractivity contribution in [3.8, 4) is 5.75 Å². The van der Waals surface area contributed by atoms with Crippen molar-refractivity contribution in [3.63, 3.8) is 0 Å². The lowest BCUT2D eigenvalue weighted by molar-refractivity contribution is 0.0830. The molecule has 41 heavy (non-hydrogen) atoms. The summed E-state index contributed by atoms with van der Waals surface area (Å²) in [5.41, 5.74) is 4.38. The van der Waals surface area contributed by atoms with E-state index in [4.69, 9.17) is 4.74 Å². The average Bonchev–Trinajstić information content (AvgIpc) is 3.38. The van der Waals surface area contributed by atoms with Crippen molar-refractivity contribution in [1.29, 1.82) is 0 Å². The maximum absolute atomic E-state index is 14.7. The summed E-state index contributed by atoms with van der Waals surface area (Å²) < 4.78 is 22.1. The molecule has 0 aliphatic rings. The molecule has 3 aromatic carbocycles. The van der Waals surface area contributed by atoms with Crippen LogP contribution in [0.1, 0.15) is 34.0 Å². The maximum atomic E-state index is 14.7. The van der Waals surface area contributed by atoms with Gasteiger partial charge in [-0.15, -0.1) is 6.58 Å². The summed E-state index contributed by atoms with van der Waals surface area (Å²) in [6, 6.07) is 19.8. The standard InChI is InChI=1S/C34H38FN3O3/c1-4-15-38-16-14-27-11-12-28(21-31(27)38)34(40)37-30(20-25-10-13-33(29(35)19-25)41-17-5-2)32(39)23-36-22-26-9-7-8-24(6-3)18-26/h4-5,7-14,16,18-19,21,30,32,36,39H,1-2,6,15,17,20,22-23H2,3H3,(H,37,40)/t30-,32-/m0/s1. The molecule has 0 saturated heterocycles. The minimum absolute atomic E-state index is 0.126. The van der Waals surface area contributed by atoms with Crippen LogP contribution in [0.25, 0.3) is 10.9 Å². The van der Waals surface area contributed by atoms with E-state index >= 15 is 0 Å². The zero-order valence-electron chi connectivity index (χ0n) is 23.5. The predicted octanol–water partition coefficient (Wildman–Crippen LogP) is 5.59. The smallest absolute Gasteiger partial charge is 0.251 e. The van der Waals surface area contributed by atoms with E-state index in [2.05, 4.69) is 42.8 Å². The number of amides is 1. The van der Waals surface area contributed by atoms with Gasteiger partial charge >= 0.3 is 0 Å². The molecule has 2 atom stereocenters. The molecular weight excluding hydrogens is 517 g/mol. The second-order valence-corrected chi connectivity index (χ2v) is 10.1. The quantitative estimate of drug-likeness (QED) is 0.167. The molecule has 0 radical (unpaired) electrons. The molecule has 7 heteroatoms. The fourth-order valence-electron chi connectivity index (χ4n) is 4.82. The second kappa shape index (κ2) is 14.4. The van der Waals surface area contributed by atoms with Gasteiger partial charge in [0.1, 0.15) is 6.61 Å². The summed E-state index contributed by atoms with van der Waals surface area (Å²) in [5.74, 6) is -0.697. The first-order chi connectivity index (χ1) is 19.9. The van der Waals surface area contributed by atoms with Gasteiger partial charge in [0.25, 0.3) is 5.91 Å². The highest BCUT2D eigenvalue weighted by Crippen LogP contribution is 2.21. The van der Waals surface area contributed by atoms with Crippen molar-refractivity contribution in [2.45, 2.75) is 45.0 Å². The van der Waals surface area contributed by atoms with E-state index in [1.165, 1.54) is 11.6 Å². The average molecular weight is 556 g/mol. The van der Waals surface area contributed by atoms with Gasteiger partial charge in [-0.05, 0) is 65.3 Å². The number of hydrogen-bond donors (Lipinski definition) is 3. The number of aromatic nitrogens is 1. The highest BCUT2D eigenvalue weighted by Gasteiger charge is 2.23. The van der Waals surface area contributed by atoms with E-state index in [0.717, 1.165) is 22.9 Å². The van der Waals surface area contributed by atoms with Gasteiger partial charge < -0.3 is 25.0 Å². The van der Waals surface area contributed by atoms with Crippen LogP contribution in [0.15, 0.2) is 98.2 Å². The fraction of sp³-hybridized carbons (Fsp3) is 0.265. The van der Waals surface area contributed by atoms with Crippen molar-refractivity contribution in [2.24, 2.45) is 0 Å². The highest BCUT2D eigenvalue weighted by molar-refractivity contribution is 5.98. The zero-order chi connectivity index (χ0) is 29.2. The summed E-state index contributed by atoms with van der Waals surface area (Å²) in [5, 5.41) is 18.5. The van der Waals surface area contributed by atoms with Gasteiger partial charge in [-0.2, -0.15) is 0 Å². The van der Waals surface area contributed by atoms with E-state index in [1.54, 1.807) is 30.4 Å². The van der Waals surface area contributed by atoms with E-state index in [-0.39, 0.29) is 31.2 Å². The normalized spacial score (nSPS) is 12.6. The van der Waals surface area contributed by atoms with Gasteiger partial charge in [-0.3, -0.25) is 4.79 Å². The summed E-state index contributed by atoms with van der Waals surface area (Å²) in [4.78, 5) is 13.4. The SMILES string of the molecule is C=CCOc1ccc(C[C@H](NC(=O)c2ccc3ccn(CC=C)c3c2)[C@@H](O)CNCc2cccc(CC)c2)cc1F. The summed E-state index contributed by atoms with van der Waals surface area (Å²) >= 11 is 0. The number of ether oxygens (including phenoxy) is 1. The van der Waals surface area contributed by atoms with Gasteiger partial charge in [0.15, 0.2) is 11.6 Å². The van der Waals surface area contributed by atoms with Gasteiger partial charge in [0, 0.05) is 36.9 Å². The number of fused-ring (bicyclic) bond motifs is 1. The number of nitrogens with one attached hydrogen (secondary N) is 2. The Labute approximate surface area is 241 Å². The number of carbonyl (C=O) groups is 1. The van der Waals surface area contributed by atoms with Crippen molar-refractivity contribution >= 4 is 16.8 Å². The monoisotopic (exact) mass is 555 g/mol. The topological polar surface area (TPSA) is 75.5 Å². The van der Waals surface area contributed by atoms with Crippen LogP contribution < -0.4 is 15.4 Å². The largest absolute Gasteiger partial charge is 0.486 e. The first-order valence-electron chi connectivity index (χ1n) is 13.9. The number of nitrogens with zero attached hydrogens (tertiary/aromatic N) is 1. The van der Waals surface area contributed by atoms with Crippen LogP contribution in [0.5, 0.6) is 5.75 Å². The van der Waals surface area contributed by atoms with Crippen molar-refractivity contribution in [2.75, 3.05) is 13.2 Å². The molecule has 0 bridgehead atoms. The van der Waals surface area contributed by atoms with Crippen LogP contribution in [0.2, 0.25) is 0 Å². The Morgan fingerprint density at radius 1 is 1.05 bits per heavy atom. The number of aliphatic hydroxyl groups excluding tert-OH is 1. The summed E-state index contributed by atoms with van der Waals surface area (Å²) in [6.07, 6.45) is 5.56. The predicted molar refractivity (Wildman–Crippen MR) is 163 cm³/mol. The lowest BCUT2D eigenvalue weighted by Crippen LogP contribution is -2.48. The van der Waals surface area contributed by atoms with E-state index in [9.17, 15) is 14.3 Å². The molecule has 0 saturated carbocycles. The van der Waals surface area contributed by atoms with Gasteiger partial charge in [0.05, 0.1) is 12.1 Å². The third-order valence-corrected chi connectivity index (χ3v) is 7.03. The van der Waals surface area contributed by atoms with Gasteiger partial charge in [-0.1, -0.05) is 62.1 Å². The number of rotatable bonds is 15. The molecule has 1 heterocycles. The van der Waals surface area contributed by atoms with Gasteiger partial charge in [-0.25, -0.2) is 4.39 Å². The first-order valence-corrected chi connectivity index (χ1v) is 13.9. The molecule has 4 rings (SSSR count). The Balaban J connectivity index is 1.51. The Morgan fingerprint density at radius 2 is 1.88 bits per heavy atom. The number of benzene rings is 3. The third-order valence-electron chi connectivity index (χ3n) is 7.03. The van der Waals surface area contributed by atoms with Crippen LogP contribution in [0.4, 0.5) is 4.39 Å². The minimum atomic E-state index is -0.929. The van der Waals surface area contributed by atoms with Crippen molar-refractivity contribution < 1.29 is 19.0 Å². The van der Waals surface area contributed by atoms with Crippen molar-refractivity contribution in [1.82, 2.24) is 15.2 Å². The van der Waals surface area contributed by atoms with E-state index < -0.39 is 18.0 Å². The number of aryl methyl sites for hydroxylation is 1. The number of hydrogen-bond acceptors (Lipinski definition) is 4. The molecule has 3 N–H and O–H groups in total. The Hall–Kier alpha value is -4.20. The Bertz CT molecular complexity index is 1500. The fourth-order valence-corrected chi connectivity index (χ4v) is 4.82. The van der Waals surface area contributed by atoms with Crippen LogP contribution in [0, 0.1) is 5.82 Å². The number of aliphatic hydroxyl groups is 1. The summed E-state index contributed by atoms with van der Waals surface area (Å²) in [6.45, 7) is 11.1. The first kappa shape index (κ1) is 29.8. The maximum Gasteiger partial charge on any atom is 0.251 e. The number of carbonyl (C=O) groups excluding carboxylic acids is 1. The molecule has 0 aliphatic carbocycles. The lowest BCUT2D eigenvalue weighted by atomic mass is 9.99. The lowest BCUT2D eigenvalue weighted by Gasteiger charge is -2.25. The molecule has 0 aliphatic heterocycles. The number of halogens is 1. The molecule has 1 aromatic heterocycles. The minimum Gasteiger partial charge on any atom is -0.486 e. The molecule has 0 fully saturated rings. The van der Waals surface area contributed by atoms with Gasteiger partial charge in [0.2, 0.25) is 0 Å². The second-order valence-electron chi connectivity index (χ2n) is 10.1. The van der Waals surface area contributed by atoms with Crippen LogP contribution in [-0.4, -0.2) is 40.9 Å². The van der Waals surface area contributed by atoms with Crippen molar-refractivity contribution in [3.05, 3.63) is 126 Å². The van der Waals surface area contributed by atoms with E-state index in [0.29, 0.717) is 24.2 Å². The third kappa shape index (κ3) is 7.93.